The summed E-state index contributed by atoms with van der Waals surface area (Å²) in [4.78, 5) is 2.15. The van der Waals surface area contributed by atoms with Gasteiger partial charge < -0.3 is 20.4 Å². The number of rotatable bonds is 7. The van der Waals surface area contributed by atoms with Crippen molar-refractivity contribution in [2.24, 2.45) is 0 Å². The molecular weight excluding hydrogens is 218 g/mol. The number of aliphatic hydroxyl groups is 2. The molecule has 1 saturated heterocycles. The number of halogens is 2. The highest BCUT2D eigenvalue weighted by Crippen LogP contribution is 2.07. The third-order valence-corrected chi connectivity index (χ3v) is 2.69. The van der Waals surface area contributed by atoms with Crippen LogP contribution in [-0.2, 0) is 0 Å². The van der Waals surface area contributed by atoms with Crippen molar-refractivity contribution < 1.29 is 19.0 Å². The van der Waals surface area contributed by atoms with Crippen molar-refractivity contribution in [3.8, 4) is 0 Å². The fraction of sp³-hybridized carbons (Fsp3) is 1.00. The molecule has 1 aliphatic rings. The number of likely N-dealkylation sites (tertiary alicyclic amines) is 1. The fourth-order valence-corrected chi connectivity index (χ4v) is 1.81. The summed E-state index contributed by atoms with van der Waals surface area (Å²) in [6, 6.07) is 0. The van der Waals surface area contributed by atoms with E-state index in [4.69, 9.17) is 5.11 Å². The number of nitrogens with zero attached hydrogens (tertiary/aromatic N) is 1. The molecule has 1 fully saturated rings. The summed E-state index contributed by atoms with van der Waals surface area (Å²) >= 11 is 0. The Morgan fingerprint density at radius 3 is 2.31 bits per heavy atom. The van der Waals surface area contributed by atoms with E-state index < -0.39 is 18.6 Å². The zero-order valence-corrected chi connectivity index (χ0v) is 9.28. The summed E-state index contributed by atoms with van der Waals surface area (Å²) < 4.78 is 23.8. The maximum absolute atomic E-state index is 11.9. The Morgan fingerprint density at radius 2 is 1.75 bits per heavy atom. The monoisotopic (exact) mass is 238 g/mol. The van der Waals surface area contributed by atoms with Crippen LogP contribution in [0.3, 0.4) is 0 Å². The third kappa shape index (κ3) is 5.16. The summed E-state index contributed by atoms with van der Waals surface area (Å²) in [7, 11) is 0. The molecule has 0 spiro atoms. The summed E-state index contributed by atoms with van der Waals surface area (Å²) in [5.74, 6) is 0. The molecule has 0 aromatic carbocycles. The summed E-state index contributed by atoms with van der Waals surface area (Å²) in [6.07, 6.45) is -2.64. The van der Waals surface area contributed by atoms with Crippen molar-refractivity contribution in [1.82, 2.24) is 10.2 Å². The van der Waals surface area contributed by atoms with Crippen molar-refractivity contribution in [2.75, 3.05) is 32.7 Å². The minimum Gasteiger partial charge on any atom is -0.390 e. The third-order valence-electron chi connectivity index (χ3n) is 2.69. The Labute approximate surface area is 94.2 Å². The van der Waals surface area contributed by atoms with Crippen LogP contribution in [0.5, 0.6) is 0 Å². The van der Waals surface area contributed by atoms with Gasteiger partial charge in [-0.25, -0.2) is 8.78 Å². The van der Waals surface area contributed by atoms with Gasteiger partial charge in [0.2, 0.25) is 0 Å². The number of nitrogens with one attached hydrogen (secondary N) is 1. The number of hydrogen-bond donors (Lipinski definition) is 3. The molecule has 0 aromatic heterocycles. The first kappa shape index (κ1) is 13.8. The zero-order valence-electron chi connectivity index (χ0n) is 9.28. The van der Waals surface area contributed by atoms with Gasteiger partial charge in [-0.05, 0) is 25.9 Å². The van der Waals surface area contributed by atoms with Gasteiger partial charge in [0, 0.05) is 19.6 Å². The van der Waals surface area contributed by atoms with E-state index in [0.717, 1.165) is 25.9 Å². The Kier molecular flexibility index (Phi) is 6.12. The molecule has 1 rings (SSSR count). The van der Waals surface area contributed by atoms with E-state index in [9.17, 15) is 13.9 Å². The first-order valence-electron chi connectivity index (χ1n) is 5.67. The maximum atomic E-state index is 11.9. The molecule has 6 heteroatoms. The molecule has 2 atom stereocenters. The van der Waals surface area contributed by atoms with Crippen molar-refractivity contribution >= 4 is 0 Å². The first-order chi connectivity index (χ1) is 7.59. The molecule has 16 heavy (non-hydrogen) atoms. The summed E-state index contributed by atoms with van der Waals surface area (Å²) in [6.45, 7) is 2.61. The molecule has 0 aromatic rings. The Balaban J connectivity index is 2.03. The average Bonchev–Trinajstić information content (AvgIpc) is 2.70. The van der Waals surface area contributed by atoms with E-state index in [2.05, 4.69) is 10.2 Å². The number of β-amino-alcohol motifs (C(OH)–C–C–N with tert-alkyl or cyclic N) is 1. The number of hydrogen-bond acceptors (Lipinski definition) is 4. The van der Waals surface area contributed by atoms with Crippen molar-refractivity contribution in [3.63, 3.8) is 0 Å². The van der Waals surface area contributed by atoms with Gasteiger partial charge in [-0.1, -0.05) is 0 Å². The summed E-state index contributed by atoms with van der Waals surface area (Å²) in [5, 5.41) is 21.0. The van der Waals surface area contributed by atoms with Gasteiger partial charge in [0.1, 0.15) is 6.10 Å². The predicted octanol–water partition coefficient (Wildman–Crippen LogP) is -0.341. The molecule has 96 valence electrons. The van der Waals surface area contributed by atoms with Crippen molar-refractivity contribution in [1.29, 1.82) is 0 Å². The Hall–Kier alpha value is -0.300. The number of alkyl halides is 2. The lowest BCUT2D eigenvalue weighted by atomic mass is 10.3. The highest BCUT2D eigenvalue weighted by Gasteiger charge is 2.18. The second kappa shape index (κ2) is 7.11. The van der Waals surface area contributed by atoms with Gasteiger partial charge >= 0.3 is 0 Å². The second-order valence-electron chi connectivity index (χ2n) is 4.22. The highest BCUT2D eigenvalue weighted by molar-refractivity contribution is 4.72. The topological polar surface area (TPSA) is 55.7 Å². The van der Waals surface area contributed by atoms with Crippen LogP contribution in [0.1, 0.15) is 12.8 Å². The van der Waals surface area contributed by atoms with Gasteiger partial charge in [-0.3, -0.25) is 0 Å². The van der Waals surface area contributed by atoms with Crippen LogP contribution >= 0.6 is 0 Å². The molecule has 0 amide bonds. The van der Waals surface area contributed by atoms with Gasteiger partial charge in [-0.15, -0.1) is 0 Å². The Morgan fingerprint density at radius 1 is 1.12 bits per heavy atom. The second-order valence-corrected chi connectivity index (χ2v) is 4.22. The molecule has 4 nitrogen and oxygen atoms in total. The van der Waals surface area contributed by atoms with Crippen LogP contribution in [0.2, 0.25) is 0 Å². The van der Waals surface area contributed by atoms with E-state index in [0.29, 0.717) is 6.54 Å². The molecule has 2 unspecified atom stereocenters. The normalized spacial score (nSPS) is 21.6. The minimum atomic E-state index is -2.73. The highest BCUT2D eigenvalue weighted by atomic mass is 19.3. The maximum Gasteiger partial charge on any atom is 0.265 e. The quantitative estimate of drug-likeness (QED) is 0.568. The van der Waals surface area contributed by atoms with E-state index in [1.54, 1.807) is 0 Å². The van der Waals surface area contributed by atoms with E-state index >= 15 is 0 Å². The van der Waals surface area contributed by atoms with E-state index in [1.807, 2.05) is 0 Å². The fourth-order valence-electron chi connectivity index (χ4n) is 1.81. The van der Waals surface area contributed by atoms with Gasteiger partial charge in [0.05, 0.1) is 6.10 Å². The minimum absolute atomic E-state index is 0.186. The molecule has 0 radical (unpaired) electrons. The smallest absolute Gasteiger partial charge is 0.265 e. The van der Waals surface area contributed by atoms with Gasteiger partial charge in [-0.2, -0.15) is 0 Å². The standard InChI is InChI=1S/C10H20F2N2O2/c11-10(12)9(16)6-13-5-8(15)7-14-3-1-2-4-14/h8-10,13,15-16H,1-7H2. The van der Waals surface area contributed by atoms with Crippen LogP contribution in [0.4, 0.5) is 8.78 Å². The van der Waals surface area contributed by atoms with Crippen LogP contribution < -0.4 is 5.32 Å². The summed E-state index contributed by atoms with van der Waals surface area (Å²) in [5.41, 5.74) is 0. The van der Waals surface area contributed by atoms with Crippen LogP contribution in [0.25, 0.3) is 0 Å². The SMILES string of the molecule is OC(CNCC(O)C(F)F)CN1CCCC1. The average molecular weight is 238 g/mol. The largest absolute Gasteiger partial charge is 0.390 e. The van der Waals surface area contributed by atoms with Gasteiger partial charge in [0.25, 0.3) is 6.43 Å². The lowest BCUT2D eigenvalue weighted by molar-refractivity contribution is -0.00500. The van der Waals surface area contributed by atoms with E-state index in [-0.39, 0.29) is 13.1 Å². The number of aliphatic hydroxyl groups excluding tert-OH is 2. The molecule has 0 saturated carbocycles. The first-order valence-corrected chi connectivity index (χ1v) is 5.67. The zero-order chi connectivity index (χ0) is 12.0. The molecule has 3 N–H and O–H groups in total. The lowest BCUT2D eigenvalue weighted by Crippen LogP contribution is -2.40. The van der Waals surface area contributed by atoms with Crippen LogP contribution in [-0.4, -0.2) is 66.5 Å². The van der Waals surface area contributed by atoms with Crippen LogP contribution in [0.15, 0.2) is 0 Å². The van der Waals surface area contributed by atoms with Crippen molar-refractivity contribution in [3.05, 3.63) is 0 Å². The van der Waals surface area contributed by atoms with Crippen molar-refractivity contribution in [2.45, 2.75) is 31.5 Å². The van der Waals surface area contributed by atoms with E-state index in [1.165, 1.54) is 0 Å². The molecule has 0 aliphatic carbocycles. The Bertz CT molecular complexity index is 190. The molecular formula is C10H20F2N2O2. The lowest BCUT2D eigenvalue weighted by Gasteiger charge is -2.20. The molecule has 1 heterocycles. The van der Waals surface area contributed by atoms with Gasteiger partial charge in [0.15, 0.2) is 0 Å². The molecule has 1 aliphatic heterocycles. The predicted molar refractivity (Wildman–Crippen MR) is 56.6 cm³/mol. The molecule has 0 bridgehead atoms. The van der Waals surface area contributed by atoms with Crippen LogP contribution in [0, 0.1) is 0 Å².